The number of anilines is 1. The second kappa shape index (κ2) is 9.25. The van der Waals surface area contributed by atoms with Gasteiger partial charge in [-0.05, 0) is 35.7 Å². The van der Waals surface area contributed by atoms with Crippen LogP contribution < -0.4 is 5.32 Å². The van der Waals surface area contributed by atoms with Gasteiger partial charge in [-0.25, -0.2) is 14.8 Å². The van der Waals surface area contributed by atoms with Crippen molar-refractivity contribution in [1.82, 2.24) is 14.5 Å². The van der Waals surface area contributed by atoms with E-state index in [4.69, 9.17) is 6.57 Å². The van der Waals surface area contributed by atoms with E-state index >= 15 is 0 Å². The lowest BCUT2D eigenvalue weighted by atomic mass is 10.0. The van der Waals surface area contributed by atoms with Crippen molar-refractivity contribution < 1.29 is 9.90 Å². The van der Waals surface area contributed by atoms with Gasteiger partial charge < -0.3 is 10.4 Å². The van der Waals surface area contributed by atoms with Crippen LogP contribution in [0, 0.1) is 6.57 Å². The summed E-state index contributed by atoms with van der Waals surface area (Å²) in [6.45, 7) is 7.48. The lowest BCUT2D eigenvalue weighted by Gasteiger charge is -2.11. The van der Waals surface area contributed by atoms with Gasteiger partial charge in [0, 0.05) is 29.7 Å². The smallest absolute Gasteiger partial charge is 0.259 e. The Morgan fingerprint density at radius 2 is 1.71 bits per heavy atom. The normalized spacial score (nSPS) is 10.9. The Bertz CT molecular complexity index is 1600. The molecule has 0 aliphatic carbocycles. The third kappa shape index (κ3) is 4.19. The minimum Gasteiger partial charge on any atom is -0.505 e. The van der Waals surface area contributed by atoms with Crippen molar-refractivity contribution in [3.63, 3.8) is 0 Å². The number of carbonyl (C=O) groups is 1. The van der Waals surface area contributed by atoms with Gasteiger partial charge in [0.25, 0.3) is 5.91 Å². The van der Waals surface area contributed by atoms with Crippen molar-refractivity contribution in [1.29, 1.82) is 0 Å². The number of hydrogen-bond acceptors (Lipinski definition) is 6. The summed E-state index contributed by atoms with van der Waals surface area (Å²) < 4.78 is 1.53. The van der Waals surface area contributed by atoms with Crippen LogP contribution in [0.5, 0.6) is 5.75 Å². The fourth-order valence-electron chi connectivity index (χ4n) is 3.59. The predicted molar refractivity (Wildman–Crippen MR) is 132 cm³/mol. The summed E-state index contributed by atoms with van der Waals surface area (Å²) >= 11 is 0. The van der Waals surface area contributed by atoms with Gasteiger partial charge in [0.2, 0.25) is 11.6 Å². The molecular weight excluding hydrogens is 442 g/mol. The van der Waals surface area contributed by atoms with Crippen molar-refractivity contribution in [2.45, 2.75) is 0 Å². The fourth-order valence-corrected chi connectivity index (χ4v) is 3.59. The molecule has 9 nitrogen and oxygen atoms in total. The zero-order chi connectivity index (χ0) is 24.2. The predicted octanol–water partition coefficient (Wildman–Crippen LogP) is 6.34. The van der Waals surface area contributed by atoms with Crippen LogP contribution in [-0.2, 0) is 0 Å². The number of nitrogens with zero attached hydrogens (tertiary/aromatic N) is 6. The number of fused-ring (bicyclic) bond motifs is 1. The molecule has 0 radical (unpaired) electrons. The van der Waals surface area contributed by atoms with Crippen molar-refractivity contribution in [3.8, 4) is 11.7 Å². The molecule has 0 bridgehead atoms. The number of aromatic hydroxyl groups is 1. The highest BCUT2D eigenvalue weighted by Gasteiger charge is 2.19. The average Bonchev–Trinajstić information content (AvgIpc) is 3.32. The standard InChI is InChI=1S/C26H17N7O2/c1-27-21-12-15-33(26-28-13-7-14-29-26)24(21)32-31-22-19-11-6-5-8-17(19)16-20(23(22)34)25(35)30-18-9-3-2-4-10-18/h2-16,34H,(H,30,35)/b32-31+. The molecule has 9 heteroatoms. The van der Waals surface area contributed by atoms with E-state index in [2.05, 4.69) is 30.4 Å². The van der Waals surface area contributed by atoms with E-state index in [-0.39, 0.29) is 28.5 Å². The Hall–Kier alpha value is -5.36. The SMILES string of the molecule is [C-]#[N+]c1ccn(-c2ncccn2)c1/N=N/c1c(O)c(C(=O)Nc2ccccc2)cc2ccccc12. The average molecular weight is 459 g/mol. The molecule has 3 aromatic carbocycles. The highest BCUT2D eigenvalue weighted by molar-refractivity contribution is 6.11. The summed E-state index contributed by atoms with van der Waals surface area (Å²) in [5.41, 5.74) is 0.992. The van der Waals surface area contributed by atoms with Crippen LogP contribution in [0.15, 0.2) is 102 Å². The van der Waals surface area contributed by atoms with Crippen LogP contribution in [0.1, 0.15) is 10.4 Å². The molecular formula is C26H17N7O2. The second-order valence-electron chi connectivity index (χ2n) is 7.42. The maximum atomic E-state index is 13.0. The summed E-state index contributed by atoms with van der Waals surface area (Å²) in [4.78, 5) is 24.9. The molecule has 0 fully saturated rings. The van der Waals surface area contributed by atoms with Gasteiger partial charge in [0.05, 0.1) is 12.1 Å². The highest BCUT2D eigenvalue weighted by atomic mass is 16.3. The minimum atomic E-state index is -0.487. The second-order valence-corrected chi connectivity index (χ2v) is 7.42. The number of benzene rings is 3. The third-order valence-electron chi connectivity index (χ3n) is 5.24. The lowest BCUT2D eigenvalue weighted by molar-refractivity contribution is 0.102. The Balaban J connectivity index is 1.61. The minimum absolute atomic E-state index is 0.0497. The van der Waals surface area contributed by atoms with E-state index in [0.717, 1.165) is 0 Å². The van der Waals surface area contributed by atoms with Gasteiger partial charge in [-0.2, -0.15) is 0 Å². The van der Waals surface area contributed by atoms with Crippen LogP contribution in [-0.4, -0.2) is 25.5 Å². The first-order valence-corrected chi connectivity index (χ1v) is 10.5. The summed E-state index contributed by atoms with van der Waals surface area (Å²) in [7, 11) is 0. The third-order valence-corrected chi connectivity index (χ3v) is 5.24. The Kier molecular flexibility index (Phi) is 5.68. The van der Waals surface area contributed by atoms with E-state index in [1.807, 2.05) is 18.2 Å². The van der Waals surface area contributed by atoms with E-state index in [1.165, 1.54) is 4.57 Å². The van der Waals surface area contributed by atoms with Crippen molar-refractivity contribution >= 4 is 39.6 Å². The van der Waals surface area contributed by atoms with Gasteiger partial charge in [-0.3, -0.25) is 9.36 Å². The number of hydrogen-bond donors (Lipinski definition) is 2. The maximum Gasteiger partial charge on any atom is 0.259 e. The van der Waals surface area contributed by atoms with E-state index in [9.17, 15) is 9.90 Å². The number of azo groups is 1. The molecule has 0 saturated heterocycles. The molecule has 0 saturated carbocycles. The van der Waals surface area contributed by atoms with Crippen LogP contribution in [0.3, 0.4) is 0 Å². The number of amides is 1. The first kappa shape index (κ1) is 21.5. The molecule has 35 heavy (non-hydrogen) atoms. The molecule has 2 heterocycles. The van der Waals surface area contributed by atoms with Gasteiger partial charge in [-0.1, -0.05) is 42.5 Å². The van der Waals surface area contributed by atoms with Gasteiger partial charge in [-0.15, -0.1) is 10.2 Å². The summed E-state index contributed by atoms with van der Waals surface area (Å²) in [5.74, 6) is -0.284. The molecule has 5 rings (SSSR count). The highest BCUT2D eigenvalue weighted by Crippen LogP contribution is 2.41. The first-order chi connectivity index (χ1) is 17.2. The van der Waals surface area contributed by atoms with E-state index < -0.39 is 5.91 Å². The zero-order valence-corrected chi connectivity index (χ0v) is 18.2. The molecule has 168 valence electrons. The summed E-state index contributed by atoms with van der Waals surface area (Å²) in [6.07, 6.45) is 4.78. The monoisotopic (exact) mass is 459 g/mol. The quantitative estimate of drug-likeness (QED) is 0.236. The van der Waals surface area contributed by atoms with Crippen LogP contribution in [0.2, 0.25) is 0 Å². The number of aromatic nitrogens is 3. The van der Waals surface area contributed by atoms with E-state index in [1.54, 1.807) is 73.2 Å². The summed E-state index contributed by atoms with van der Waals surface area (Å²) in [6, 6.07) is 21.0. The topological polar surface area (TPSA) is 109 Å². The van der Waals surface area contributed by atoms with Crippen LogP contribution in [0.25, 0.3) is 21.6 Å². The summed E-state index contributed by atoms with van der Waals surface area (Å²) in [5, 5.41) is 23.7. The molecule has 1 amide bonds. The van der Waals surface area contributed by atoms with Gasteiger partial charge >= 0.3 is 0 Å². The molecule has 5 aromatic rings. The molecule has 2 aromatic heterocycles. The van der Waals surface area contributed by atoms with Crippen LogP contribution in [0.4, 0.5) is 22.9 Å². The maximum absolute atomic E-state index is 13.0. The molecule has 0 aliphatic rings. The molecule has 0 unspecified atom stereocenters. The van der Waals surface area contributed by atoms with Gasteiger partial charge in [0.15, 0.2) is 11.6 Å². The molecule has 0 atom stereocenters. The first-order valence-electron chi connectivity index (χ1n) is 10.5. The van der Waals surface area contributed by atoms with Gasteiger partial charge in [0.1, 0.15) is 5.69 Å². The number of rotatable bonds is 5. The molecule has 2 N–H and O–H groups in total. The number of nitrogens with one attached hydrogen (secondary N) is 1. The molecule has 0 aliphatic heterocycles. The van der Waals surface area contributed by atoms with Crippen molar-refractivity contribution in [2.24, 2.45) is 10.2 Å². The lowest BCUT2D eigenvalue weighted by Crippen LogP contribution is -2.12. The Morgan fingerprint density at radius 1 is 0.971 bits per heavy atom. The number of phenolic OH excluding ortho intramolecular Hbond substituents is 1. The van der Waals surface area contributed by atoms with Crippen LogP contribution >= 0.6 is 0 Å². The Morgan fingerprint density at radius 3 is 2.49 bits per heavy atom. The number of carbonyl (C=O) groups excluding carboxylic acids is 1. The van der Waals surface area contributed by atoms with Crippen molar-refractivity contribution in [3.05, 3.63) is 108 Å². The number of phenols is 1. The Labute approximate surface area is 199 Å². The largest absolute Gasteiger partial charge is 0.505 e. The fraction of sp³-hybridized carbons (Fsp3) is 0. The van der Waals surface area contributed by atoms with Crippen molar-refractivity contribution in [2.75, 3.05) is 5.32 Å². The zero-order valence-electron chi connectivity index (χ0n) is 18.2. The number of para-hydroxylation sites is 1. The molecule has 0 spiro atoms. The van der Waals surface area contributed by atoms with E-state index in [0.29, 0.717) is 22.4 Å².